The Morgan fingerprint density at radius 1 is 1.36 bits per heavy atom. The standard InChI is InChI=1S/C6H7F3OS/c1-4(10)3-5(2)11-6(7,8)9/h3H,1-2H3/b5-3+. The smallest absolute Gasteiger partial charge is 0.295 e. The highest BCUT2D eigenvalue weighted by Gasteiger charge is 2.28. The molecule has 0 aromatic carbocycles. The number of allylic oxidation sites excluding steroid dienone is 2. The SMILES string of the molecule is CC(=O)/C=C(\C)SC(F)(F)F. The summed E-state index contributed by atoms with van der Waals surface area (Å²) in [6.45, 7) is 2.46. The van der Waals surface area contributed by atoms with Gasteiger partial charge in [0.05, 0.1) is 0 Å². The summed E-state index contributed by atoms with van der Waals surface area (Å²) in [6, 6.07) is 0. The third-order valence-electron chi connectivity index (χ3n) is 0.683. The lowest BCUT2D eigenvalue weighted by Gasteiger charge is -2.03. The molecule has 0 aliphatic carbocycles. The lowest BCUT2D eigenvalue weighted by Crippen LogP contribution is -1.99. The quantitative estimate of drug-likeness (QED) is 0.614. The summed E-state index contributed by atoms with van der Waals surface area (Å²) in [5.74, 6) is -0.376. The van der Waals surface area contributed by atoms with E-state index in [1.807, 2.05) is 0 Å². The number of carbonyl (C=O) groups excluding carboxylic acids is 1. The predicted octanol–water partition coefficient (Wildman–Crippen LogP) is 2.73. The molecular formula is C6H7F3OS. The highest BCUT2D eigenvalue weighted by atomic mass is 32.2. The minimum absolute atomic E-state index is 0.0370. The van der Waals surface area contributed by atoms with E-state index >= 15 is 0 Å². The lowest BCUT2D eigenvalue weighted by atomic mass is 10.4. The van der Waals surface area contributed by atoms with Crippen LogP contribution >= 0.6 is 11.8 Å². The van der Waals surface area contributed by atoms with Gasteiger partial charge in [0.25, 0.3) is 0 Å². The van der Waals surface area contributed by atoms with E-state index in [4.69, 9.17) is 0 Å². The first-order chi connectivity index (χ1) is 4.81. The van der Waals surface area contributed by atoms with Crippen LogP contribution in [0.15, 0.2) is 11.0 Å². The second-order valence-electron chi connectivity index (χ2n) is 1.91. The molecule has 0 bridgehead atoms. The normalized spacial score (nSPS) is 13.4. The molecule has 1 nitrogen and oxygen atoms in total. The van der Waals surface area contributed by atoms with E-state index in [1.165, 1.54) is 13.8 Å². The molecule has 11 heavy (non-hydrogen) atoms. The van der Waals surface area contributed by atoms with Crippen molar-refractivity contribution in [3.8, 4) is 0 Å². The molecule has 0 saturated heterocycles. The molecule has 0 unspecified atom stereocenters. The zero-order valence-electron chi connectivity index (χ0n) is 6.03. The van der Waals surface area contributed by atoms with Gasteiger partial charge < -0.3 is 0 Å². The number of ketones is 1. The van der Waals surface area contributed by atoms with Crippen LogP contribution in [-0.2, 0) is 4.79 Å². The highest BCUT2D eigenvalue weighted by molar-refractivity contribution is 8.03. The number of halogens is 3. The fourth-order valence-corrected chi connectivity index (χ4v) is 1.09. The van der Waals surface area contributed by atoms with Crippen molar-refractivity contribution in [3.63, 3.8) is 0 Å². The van der Waals surface area contributed by atoms with E-state index in [-0.39, 0.29) is 22.5 Å². The predicted molar refractivity (Wildman–Crippen MR) is 38.1 cm³/mol. The van der Waals surface area contributed by atoms with Gasteiger partial charge in [-0.15, -0.1) is 0 Å². The van der Waals surface area contributed by atoms with Crippen LogP contribution in [0.2, 0.25) is 0 Å². The molecule has 0 aliphatic heterocycles. The van der Waals surface area contributed by atoms with Gasteiger partial charge in [0.1, 0.15) is 0 Å². The molecule has 0 amide bonds. The summed E-state index contributed by atoms with van der Waals surface area (Å²) in [4.78, 5) is 10.2. The number of rotatable bonds is 2. The topological polar surface area (TPSA) is 17.1 Å². The first kappa shape index (κ1) is 10.6. The molecule has 0 atom stereocenters. The number of alkyl halides is 3. The van der Waals surface area contributed by atoms with E-state index in [0.717, 1.165) is 6.08 Å². The van der Waals surface area contributed by atoms with Crippen molar-refractivity contribution in [2.45, 2.75) is 19.4 Å². The Hall–Kier alpha value is -0.450. The molecule has 5 heteroatoms. The van der Waals surface area contributed by atoms with Gasteiger partial charge in [-0.1, -0.05) is 0 Å². The lowest BCUT2D eigenvalue weighted by molar-refractivity contribution is -0.112. The van der Waals surface area contributed by atoms with Gasteiger partial charge in [-0.3, -0.25) is 4.79 Å². The first-order valence-corrected chi connectivity index (χ1v) is 3.57. The molecule has 0 fully saturated rings. The van der Waals surface area contributed by atoms with Gasteiger partial charge in [0, 0.05) is 0 Å². The van der Waals surface area contributed by atoms with Crippen LogP contribution < -0.4 is 0 Å². The Bertz CT molecular complexity index is 183. The highest BCUT2D eigenvalue weighted by Crippen LogP contribution is 2.35. The zero-order chi connectivity index (χ0) is 9.07. The van der Waals surface area contributed by atoms with Crippen molar-refractivity contribution in [3.05, 3.63) is 11.0 Å². The minimum Gasteiger partial charge on any atom is -0.295 e. The van der Waals surface area contributed by atoms with E-state index in [9.17, 15) is 18.0 Å². The van der Waals surface area contributed by atoms with Gasteiger partial charge in [-0.2, -0.15) is 13.2 Å². The Kier molecular flexibility index (Phi) is 3.65. The first-order valence-electron chi connectivity index (χ1n) is 2.76. The van der Waals surface area contributed by atoms with Crippen LogP contribution in [0, 0.1) is 0 Å². The maximum Gasteiger partial charge on any atom is 0.446 e. The second-order valence-corrected chi connectivity index (χ2v) is 3.22. The molecule has 0 spiro atoms. The largest absolute Gasteiger partial charge is 0.446 e. The van der Waals surface area contributed by atoms with Crippen molar-refractivity contribution in [1.82, 2.24) is 0 Å². The fraction of sp³-hybridized carbons (Fsp3) is 0.500. The Balaban J connectivity index is 4.07. The van der Waals surface area contributed by atoms with Crippen molar-refractivity contribution < 1.29 is 18.0 Å². The zero-order valence-corrected chi connectivity index (χ0v) is 6.84. The molecular weight excluding hydrogens is 177 g/mol. The molecule has 0 radical (unpaired) electrons. The molecule has 0 saturated carbocycles. The summed E-state index contributed by atoms with van der Waals surface area (Å²) in [5, 5.41) is 0. The maximum absolute atomic E-state index is 11.6. The molecule has 0 rings (SSSR count). The van der Waals surface area contributed by atoms with Gasteiger partial charge in [-0.05, 0) is 36.6 Å². The van der Waals surface area contributed by atoms with Gasteiger partial charge >= 0.3 is 5.51 Å². The third-order valence-corrected chi connectivity index (χ3v) is 1.35. The molecule has 0 heterocycles. The fourth-order valence-electron chi connectivity index (χ4n) is 0.498. The van der Waals surface area contributed by atoms with E-state index in [0.29, 0.717) is 0 Å². The molecule has 0 aromatic heterocycles. The summed E-state index contributed by atoms with van der Waals surface area (Å²) < 4.78 is 34.7. The van der Waals surface area contributed by atoms with Crippen LogP contribution in [-0.4, -0.2) is 11.3 Å². The van der Waals surface area contributed by atoms with E-state index in [1.54, 1.807) is 0 Å². The number of hydrogen-bond acceptors (Lipinski definition) is 2. The average Bonchev–Trinajstić information content (AvgIpc) is 1.53. The minimum atomic E-state index is -4.30. The Morgan fingerprint density at radius 3 is 2.09 bits per heavy atom. The molecule has 64 valence electrons. The van der Waals surface area contributed by atoms with Crippen LogP contribution in [0.1, 0.15) is 13.8 Å². The van der Waals surface area contributed by atoms with Crippen LogP contribution in [0.4, 0.5) is 13.2 Å². The third kappa shape index (κ3) is 7.45. The van der Waals surface area contributed by atoms with Gasteiger partial charge in [-0.25, -0.2) is 0 Å². The van der Waals surface area contributed by atoms with E-state index < -0.39 is 5.51 Å². The van der Waals surface area contributed by atoms with Gasteiger partial charge in [0.2, 0.25) is 0 Å². The average molecular weight is 184 g/mol. The van der Waals surface area contributed by atoms with Crippen LogP contribution in [0.3, 0.4) is 0 Å². The van der Waals surface area contributed by atoms with Crippen molar-refractivity contribution in [2.24, 2.45) is 0 Å². The van der Waals surface area contributed by atoms with Gasteiger partial charge in [0.15, 0.2) is 5.78 Å². The van der Waals surface area contributed by atoms with Crippen molar-refractivity contribution in [2.75, 3.05) is 0 Å². The Labute approximate surface area is 66.7 Å². The van der Waals surface area contributed by atoms with Crippen molar-refractivity contribution in [1.29, 1.82) is 0 Å². The second kappa shape index (κ2) is 3.80. The summed E-state index contributed by atoms with van der Waals surface area (Å²) in [5.41, 5.74) is -4.30. The number of thioether (sulfide) groups is 1. The molecule has 0 N–H and O–H groups in total. The Morgan fingerprint density at radius 2 is 1.82 bits per heavy atom. The number of carbonyl (C=O) groups is 1. The molecule has 0 aromatic rings. The van der Waals surface area contributed by atoms with Crippen LogP contribution in [0.5, 0.6) is 0 Å². The van der Waals surface area contributed by atoms with Crippen LogP contribution in [0.25, 0.3) is 0 Å². The molecule has 0 aliphatic rings. The summed E-state index contributed by atoms with van der Waals surface area (Å²) in [6.07, 6.45) is 0.957. The number of hydrogen-bond donors (Lipinski definition) is 0. The van der Waals surface area contributed by atoms with E-state index in [2.05, 4.69) is 0 Å². The maximum atomic E-state index is 11.6. The monoisotopic (exact) mass is 184 g/mol. The summed E-state index contributed by atoms with van der Waals surface area (Å²) >= 11 is -0.275. The van der Waals surface area contributed by atoms with Crippen molar-refractivity contribution >= 4 is 17.5 Å². The summed E-state index contributed by atoms with van der Waals surface area (Å²) in [7, 11) is 0.